The van der Waals surface area contributed by atoms with E-state index in [0.717, 1.165) is 6.42 Å². The summed E-state index contributed by atoms with van der Waals surface area (Å²) < 4.78 is 4.72. The van der Waals surface area contributed by atoms with Crippen LogP contribution in [0.5, 0.6) is 0 Å². The van der Waals surface area contributed by atoms with E-state index in [4.69, 9.17) is 9.84 Å². The molecule has 0 aliphatic carbocycles. The van der Waals surface area contributed by atoms with Crippen LogP contribution in [0.1, 0.15) is 20.3 Å². The second kappa shape index (κ2) is 6.71. The van der Waals surface area contributed by atoms with Crippen LogP contribution in [0.4, 0.5) is 4.79 Å². The van der Waals surface area contributed by atoms with E-state index in [1.807, 2.05) is 0 Å². The van der Waals surface area contributed by atoms with Gasteiger partial charge in [0, 0.05) is 13.6 Å². The number of rotatable bonds is 5. The van der Waals surface area contributed by atoms with Crippen LogP contribution in [-0.2, 0) is 4.74 Å². The third-order valence-electron chi connectivity index (χ3n) is 1.67. The molecule has 0 rings (SSSR count). The maximum atomic E-state index is 11.1. The number of carbonyl (C=O) groups is 1. The molecule has 0 saturated carbocycles. The fourth-order valence-electron chi connectivity index (χ4n) is 0.786. The predicted molar refractivity (Wildman–Crippen MR) is 50.5 cm³/mol. The van der Waals surface area contributed by atoms with E-state index in [0.29, 0.717) is 12.5 Å². The van der Waals surface area contributed by atoms with Crippen molar-refractivity contribution in [3.8, 4) is 0 Å². The monoisotopic (exact) mass is 189 g/mol. The summed E-state index contributed by atoms with van der Waals surface area (Å²) >= 11 is 0. The van der Waals surface area contributed by atoms with Gasteiger partial charge in [-0.2, -0.15) is 0 Å². The van der Waals surface area contributed by atoms with Gasteiger partial charge in [0.25, 0.3) is 0 Å². The van der Waals surface area contributed by atoms with Crippen molar-refractivity contribution < 1.29 is 14.6 Å². The lowest BCUT2D eigenvalue weighted by Crippen LogP contribution is -2.29. The highest BCUT2D eigenvalue weighted by molar-refractivity contribution is 5.67. The number of amides is 1. The lowest BCUT2D eigenvalue weighted by atomic mass is 10.1. The second-order valence-corrected chi connectivity index (χ2v) is 3.44. The Balaban J connectivity index is 3.57. The van der Waals surface area contributed by atoms with Gasteiger partial charge in [-0.1, -0.05) is 13.8 Å². The largest absolute Gasteiger partial charge is 0.447 e. The first kappa shape index (κ1) is 12.2. The first-order valence-electron chi connectivity index (χ1n) is 4.56. The number of aliphatic hydroxyl groups excluding tert-OH is 1. The van der Waals surface area contributed by atoms with E-state index in [-0.39, 0.29) is 19.3 Å². The van der Waals surface area contributed by atoms with Crippen LogP contribution in [0.2, 0.25) is 0 Å². The number of hydrogen-bond donors (Lipinski definition) is 1. The molecule has 0 aromatic carbocycles. The summed E-state index contributed by atoms with van der Waals surface area (Å²) in [5, 5.41) is 8.42. The Bertz CT molecular complexity index is 148. The van der Waals surface area contributed by atoms with Crippen LogP contribution < -0.4 is 0 Å². The lowest BCUT2D eigenvalue weighted by molar-refractivity contribution is 0.0900. The molecule has 0 bridgehead atoms. The van der Waals surface area contributed by atoms with Gasteiger partial charge in [-0.3, -0.25) is 0 Å². The molecule has 0 aliphatic heterocycles. The SMILES string of the molecule is CC(C)CCN(C)C(=O)OCCO. The topological polar surface area (TPSA) is 49.8 Å². The Kier molecular flexibility index (Phi) is 6.32. The Morgan fingerprint density at radius 2 is 2.15 bits per heavy atom. The number of aliphatic hydroxyl groups is 1. The van der Waals surface area contributed by atoms with Crippen LogP contribution in [0.15, 0.2) is 0 Å². The molecular weight excluding hydrogens is 170 g/mol. The summed E-state index contributed by atoms with van der Waals surface area (Å²) in [6, 6.07) is 0. The standard InChI is InChI=1S/C9H19NO3/c1-8(2)4-5-10(3)9(12)13-7-6-11/h8,11H,4-7H2,1-3H3. The molecular formula is C9H19NO3. The molecule has 4 heteroatoms. The van der Waals surface area contributed by atoms with Crippen LogP contribution in [0.25, 0.3) is 0 Å². The molecule has 4 nitrogen and oxygen atoms in total. The third kappa shape index (κ3) is 6.40. The molecule has 0 atom stereocenters. The molecule has 1 amide bonds. The summed E-state index contributed by atoms with van der Waals surface area (Å²) in [6.07, 6.45) is 0.597. The highest BCUT2D eigenvalue weighted by atomic mass is 16.6. The van der Waals surface area contributed by atoms with Gasteiger partial charge < -0.3 is 14.7 Å². The predicted octanol–water partition coefficient (Wildman–Crippen LogP) is 1.09. The minimum absolute atomic E-state index is 0.0743. The Morgan fingerprint density at radius 3 is 2.62 bits per heavy atom. The fourth-order valence-corrected chi connectivity index (χ4v) is 0.786. The Morgan fingerprint density at radius 1 is 1.54 bits per heavy atom. The van der Waals surface area contributed by atoms with Crippen molar-refractivity contribution >= 4 is 6.09 Å². The molecule has 0 saturated heterocycles. The third-order valence-corrected chi connectivity index (χ3v) is 1.67. The van der Waals surface area contributed by atoms with E-state index in [1.165, 1.54) is 4.90 Å². The van der Waals surface area contributed by atoms with Crippen LogP contribution in [0, 0.1) is 5.92 Å². The normalized spacial score (nSPS) is 10.2. The molecule has 0 unspecified atom stereocenters. The molecule has 0 fully saturated rings. The molecule has 0 radical (unpaired) electrons. The number of carbonyl (C=O) groups excluding carboxylic acids is 1. The molecule has 0 aromatic heterocycles. The zero-order chi connectivity index (χ0) is 10.3. The highest BCUT2D eigenvalue weighted by Gasteiger charge is 2.09. The van der Waals surface area contributed by atoms with E-state index in [9.17, 15) is 4.79 Å². The molecule has 13 heavy (non-hydrogen) atoms. The minimum atomic E-state index is -0.366. The average Bonchev–Trinajstić information content (AvgIpc) is 2.10. The van der Waals surface area contributed by atoms with E-state index in [2.05, 4.69) is 13.8 Å². The second-order valence-electron chi connectivity index (χ2n) is 3.44. The maximum Gasteiger partial charge on any atom is 0.409 e. The van der Waals surface area contributed by atoms with Crippen LogP contribution >= 0.6 is 0 Å². The minimum Gasteiger partial charge on any atom is -0.447 e. The Hall–Kier alpha value is -0.770. The van der Waals surface area contributed by atoms with Crippen molar-refractivity contribution in [2.75, 3.05) is 26.8 Å². The maximum absolute atomic E-state index is 11.1. The summed E-state index contributed by atoms with van der Waals surface area (Å²) in [4.78, 5) is 12.6. The quantitative estimate of drug-likeness (QED) is 0.704. The smallest absolute Gasteiger partial charge is 0.409 e. The molecule has 0 aromatic rings. The Labute approximate surface area is 79.5 Å². The van der Waals surface area contributed by atoms with Crippen molar-refractivity contribution in [2.24, 2.45) is 5.92 Å². The molecule has 0 heterocycles. The van der Waals surface area contributed by atoms with Crippen molar-refractivity contribution in [1.82, 2.24) is 4.90 Å². The van der Waals surface area contributed by atoms with Crippen molar-refractivity contribution in [1.29, 1.82) is 0 Å². The molecule has 1 N–H and O–H groups in total. The summed E-state index contributed by atoms with van der Waals surface area (Å²) in [5.41, 5.74) is 0. The fraction of sp³-hybridized carbons (Fsp3) is 0.889. The molecule has 0 aliphatic rings. The van der Waals surface area contributed by atoms with E-state index < -0.39 is 0 Å². The van der Waals surface area contributed by atoms with E-state index in [1.54, 1.807) is 7.05 Å². The first-order valence-corrected chi connectivity index (χ1v) is 4.56. The average molecular weight is 189 g/mol. The van der Waals surface area contributed by atoms with Gasteiger partial charge in [0.1, 0.15) is 6.61 Å². The van der Waals surface area contributed by atoms with Gasteiger partial charge in [-0.15, -0.1) is 0 Å². The van der Waals surface area contributed by atoms with Gasteiger partial charge in [-0.05, 0) is 12.3 Å². The highest BCUT2D eigenvalue weighted by Crippen LogP contribution is 2.01. The number of hydrogen-bond acceptors (Lipinski definition) is 3. The zero-order valence-electron chi connectivity index (χ0n) is 8.62. The van der Waals surface area contributed by atoms with Crippen LogP contribution in [0.3, 0.4) is 0 Å². The van der Waals surface area contributed by atoms with Gasteiger partial charge in [-0.25, -0.2) is 4.79 Å². The first-order chi connectivity index (χ1) is 6.07. The van der Waals surface area contributed by atoms with Gasteiger partial charge in [0.2, 0.25) is 0 Å². The van der Waals surface area contributed by atoms with Crippen molar-refractivity contribution in [3.05, 3.63) is 0 Å². The number of nitrogens with zero attached hydrogens (tertiary/aromatic N) is 1. The summed E-state index contributed by atoms with van der Waals surface area (Å²) in [7, 11) is 1.70. The van der Waals surface area contributed by atoms with Crippen molar-refractivity contribution in [3.63, 3.8) is 0 Å². The number of ether oxygens (including phenoxy) is 1. The van der Waals surface area contributed by atoms with Gasteiger partial charge in [0.15, 0.2) is 0 Å². The van der Waals surface area contributed by atoms with Gasteiger partial charge >= 0.3 is 6.09 Å². The van der Waals surface area contributed by atoms with Gasteiger partial charge in [0.05, 0.1) is 6.61 Å². The van der Waals surface area contributed by atoms with Crippen LogP contribution in [-0.4, -0.2) is 42.9 Å². The zero-order valence-corrected chi connectivity index (χ0v) is 8.62. The van der Waals surface area contributed by atoms with E-state index >= 15 is 0 Å². The lowest BCUT2D eigenvalue weighted by Gasteiger charge is -2.17. The molecule has 0 spiro atoms. The van der Waals surface area contributed by atoms with Crippen molar-refractivity contribution in [2.45, 2.75) is 20.3 Å². The summed E-state index contributed by atoms with van der Waals surface area (Å²) in [6.45, 7) is 4.86. The summed E-state index contributed by atoms with van der Waals surface area (Å²) in [5.74, 6) is 0.577. The molecule has 78 valence electrons.